The van der Waals surface area contributed by atoms with Gasteiger partial charge in [0.1, 0.15) is 6.10 Å². The van der Waals surface area contributed by atoms with E-state index >= 15 is 0 Å². The summed E-state index contributed by atoms with van der Waals surface area (Å²) in [6, 6.07) is 9.87. The lowest BCUT2D eigenvalue weighted by Gasteiger charge is -2.27. The molecule has 0 radical (unpaired) electrons. The van der Waals surface area contributed by atoms with Crippen LogP contribution in [0.15, 0.2) is 42.5 Å². The molecule has 1 amide bonds. The monoisotopic (exact) mass is 260 g/mol. The van der Waals surface area contributed by atoms with E-state index in [1.54, 1.807) is 0 Å². The maximum absolute atomic E-state index is 11.0. The van der Waals surface area contributed by atoms with Gasteiger partial charge in [0, 0.05) is 5.69 Å². The van der Waals surface area contributed by atoms with Gasteiger partial charge in [0.15, 0.2) is 0 Å². The van der Waals surface area contributed by atoms with Crippen molar-refractivity contribution in [2.75, 3.05) is 5.32 Å². The fourth-order valence-corrected chi connectivity index (χ4v) is 2.30. The van der Waals surface area contributed by atoms with Gasteiger partial charge in [-0.2, -0.15) is 0 Å². The number of anilines is 1. The van der Waals surface area contributed by atoms with E-state index in [4.69, 9.17) is 10.5 Å². The zero-order valence-electron chi connectivity index (χ0n) is 10.9. The van der Waals surface area contributed by atoms with E-state index in [1.807, 2.05) is 30.3 Å². The maximum Gasteiger partial charge on any atom is 0.404 e. The Morgan fingerprint density at radius 3 is 2.79 bits per heavy atom. The van der Waals surface area contributed by atoms with Crippen molar-refractivity contribution in [1.29, 1.82) is 0 Å². The number of rotatable bonds is 3. The van der Waals surface area contributed by atoms with Crippen molar-refractivity contribution in [3.05, 3.63) is 42.5 Å². The largest absolute Gasteiger partial charge is 0.444 e. The highest BCUT2D eigenvalue weighted by Crippen LogP contribution is 2.19. The van der Waals surface area contributed by atoms with Crippen molar-refractivity contribution in [3.8, 4) is 0 Å². The van der Waals surface area contributed by atoms with Crippen LogP contribution in [0, 0.1) is 0 Å². The molecule has 0 bridgehead atoms. The molecule has 1 aromatic carbocycles. The Kier molecular flexibility index (Phi) is 4.84. The first-order valence-corrected chi connectivity index (χ1v) is 6.70. The van der Waals surface area contributed by atoms with E-state index < -0.39 is 6.09 Å². The van der Waals surface area contributed by atoms with Gasteiger partial charge in [-0.25, -0.2) is 4.79 Å². The quantitative estimate of drug-likeness (QED) is 0.821. The Bertz CT molecular complexity index is 431. The third-order valence-electron chi connectivity index (χ3n) is 3.23. The number of hydrogen-bond acceptors (Lipinski definition) is 3. The van der Waals surface area contributed by atoms with Crippen LogP contribution in [-0.2, 0) is 4.74 Å². The summed E-state index contributed by atoms with van der Waals surface area (Å²) in [6.45, 7) is 0. The number of primary amides is 1. The second-order valence-corrected chi connectivity index (χ2v) is 4.72. The van der Waals surface area contributed by atoms with Crippen LogP contribution in [0.5, 0.6) is 0 Å². The lowest BCUT2D eigenvalue weighted by atomic mass is 9.99. The molecule has 2 unspecified atom stereocenters. The van der Waals surface area contributed by atoms with Crippen LogP contribution in [0.25, 0.3) is 0 Å². The molecule has 2 atom stereocenters. The fourth-order valence-electron chi connectivity index (χ4n) is 2.30. The van der Waals surface area contributed by atoms with Crippen LogP contribution in [-0.4, -0.2) is 18.2 Å². The number of carbonyl (C=O) groups excluding carboxylic acids is 1. The molecule has 3 N–H and O–H groups in total. The van der Waals surface area contributed by atoms with Gasteiger partial charge in [-0.3, -0.25) is 0 Å². The summed E-state index contributed by atoms with van der Waals surface area (Å²) in [5, 5.41) is 3.38. The van der Waals surface area contributed by atoms with Crippen LogP contribution in [0.1, 0.15) is 25.7 Å². The fraction of sp³-hybridized carbons (Fsp3) is 0.400. The summed E-state index contributed by atoms with van der Waals surface area (Å²) in [7, 11) is 0. The normalized spacial score (nSPS) is 24.8. The second kappa shape index (κ2) is 6.83. The molecule has 0 spiro atoms. The number of allylic oxidation sites excluding steroid dienone is 1. The molecule has 4 heteroatoms. The van der Waals surface area contributed by atoms with E-state index in [2.05, 4.69) is 17.5 Å². The zero-order chi connectivity index (χ0) is 13.5. The highest BCUT2D eigenvalue weighted by atomic mass is 16.6. The van der Waals surface area contributed by atoms with Crippen molar-refractivity contribution in [2.45, 2.75) is 37.8 Å². The van der Waals surface area contributed by atoms with Crippen LogP contribution in [0.4, 0.5) is 10.5 Å². The van der Waals surface area contributed by atoms with Crippen LogP contribution in [0.2, 0.25) is 0 Å². The minimum atomic E-state index is -0.709. The molecule has 0 heterocycles. The predicted molar refractivity (Wildman–Crippen MR) is 75.9 cm³/mol. The van der Waals surface area contributed by atoms with Gasteiger partial charge >= 0.3 is 6.09 Å². The molecular weight excluding hydrogens is 240 g/mol. The number of para-hydroxylation sites is 1. The van der Waals surface area contributed by atoms with Gasteiger partial charge in [0.05, 0.1) is 6.04 Å². The van der Waals surface area contributed by atoms with Gasteiger partial charge in [-0.15, -0.1) is 0 Å². The summed E-state index contributed by atoms with van der Waals surface area (Å²) in [4.78, 5) is 11.0. The average molecular weight is 260 g/mol. The lowest BCUT2D eigenvalue weighted by Crippen LogP contribution is -2.37. The summed E-state index contributed by atoms with van der Waals surface area (Å²) in [5.41, 5.74) is 6.17. The van der Waals surface area contributed by atoms with Crippen molar-refractivity contribution in [3.63, 3.8) is 0 Å². The lowest BCUT2D eigenvalue weighted by molar-refractivity contribution is 0.0946. The molecule has 0 saturated heterocycles. The molecule has 1 aliphatic carbocycles. The van der Waals surface area contributed by atoms with E-state index in [0.717, 1.165) is 31.4 Å². The first-order chi connectivity index (χ1) is 9.25. The van der Waals surface area contributed by atoms with Gasteiger partial charge in [0.2, 0.25) is 0 Å². The average Bonchev–Trinajstić information content (AvgIpc) is 2.38. The molecule has 0 aliphatic heterocycles. The minimum Gasteiger partial charge on any atom is -0.444 e. The summed E-state index contributed by atoms with van der Waals surface area (Å²) in [5.74, 6) is 0. The Morgan fingerprint density at radius 1 is 1.26 bits per heavy atom. The molecule has 0 saturated carbocycles. The van der Waals surface area contributed by atoms with Gasteiger partial charge in [-0.1, -0.05) is 30.4 Å². The number of nitrogens with two attached hydrogens (primary N) is 1. The first-order valence-electron chi connectivity index (χ1n) is 6.70. The molecule has 0 fully saturated rings. The van der Waals surface area contributed by atoms with Gasteiger partial charge in [0.25, 0.3) is 0 Å². The summed E-state index contributed by atoms with van der Waals surface area (Å²) < 4.78 is 5.24. The number of nitrogens with one attached hydrogen (secondary N) is 1. The molecular formula is C15H20N2O2. The summed E-state index contributed by atoms with van der Waals surface area (Å²) >= 11 is 0. The van der Waals surface area contributed by atoms with Crippen LogP contribution in [0.3, 0.4) is 0 Å². The molecule has 102 valence electrons. The number of amides is 1. The van der Waals surface area contributed by atoms with Crippen molar-refractivity contribution >= 4 is 11.8 Å². The van der Waals surface area contributed by atoms with Crippen molar-refractivity contribution in [1.82, 2.24) is 0 Å². The smallest absolute Gasteiger partial charge is 0.404 e. The van der Waals surface area contributed by atoms with E-state index in [9.17, 15) is 4.79 Å². The Labute approximate surface area is 113 Å². The highest BCUT2D eigenvalue weighted by molar-refractivity contribution is 5.65. The molecule has 1 aliphatic rings. The second-order valence-electron chi connectivity index (χ2n) is 4.72. The standard InChI is InChI=1S/C15H20N2O2/c16-15(18)19-14-11-7-2-1-6-10-13(14)17-12-8-4-3-5-9-12/h3-6,8-10,13-14,17H,1-2,7,11H2,(H2,16,18)/b10-6-. The first kappa shape index (κ1) is 13.5. The highest BCUT2D eigenvalue weighted by Gasteiger charge is 2.23. The molecule has 4 nitrogen and oxygen atoms in total. The van der Waals surface area contributed by atoms with Gasteiger partial charge in [-0.05, 0) is 37.8 Å². The molecule has 1 aromatic rings. The molecule has 2 rings (SSSR count). The van der Waals surface area contributed by atoms with Gasteiger partial charge < -0.3 is 15.8 Å². The number of ether oxygens (including phenoxy) is 1. The maximum atomic E-state index is 11.0. The molecule has 19 heavy (non-hydrogen) atoms. The number of carbonyl (C=O) groups is 1. The van der Waals surface area contributed by atoms with Crippen LogP contribution < -0.4 is 11.1 Å². The van der Waals surface area contributed by atoms with Crippen LogP contribution >= 0.6 is 0 Å². The number of benzene rings is 1. The SMILES string of the molecule is NC(=O)OC1CCCC/C=C\C1Nc1ccccc1. The van der Waals surface area contributed by atoms with E-state index in [1.165, 1.54) is 0 Å². The summed E-state index contributed by atoms with van der Waals surface area (Å²) in [6.07, 6.45) is 7.33. The Morgan fingerprint density at radius 2 is 2.05 bits per heavy atom. The number of hydrogen-bond donors (Lipinski definition) is 2. The van der Waals surface area contributed by atoms with E-state index in [-0.39, 0.29) is 12.1 Å². The van der Waals surface area contributed by atoms with Crippen molar-refractivity contribution < 1.29 is 9.53 Å². The third kappa shape index (κ3) is 4.32. The Balaban J connectivity index is 2.10. The molecule has 0 aromatic heterocycles. The minimum absolute atomic E-state index is 0.0322. The Hall–Kier alpha value is -1.97. The predicted octanol–water partition coefficient (Wildman–Crippen LogP) is 3.06. The van der Waals surface area contributed by atoms with Crippen molar-refractivity contribution in [2.24, 2.45) is 5.73 Å². The zero-order valence-corrected chi connectivity index (χ0v) is 10.9. The third-order valence-corrected chi connectivity index (χ3v) is 3.23. The van der Waals surface area contributed by atoms with E-state index in [0.29, 0.717) is 0 Å². The topological polar surface area (TPSA) is 64.4 Å².